The third kappa shape index (κ3) is 3.11. The van der Waals surface area contributed by atoms with E-state index in [2.05, 4.69) is 38.7 Å². The quantitative estimate of drug-likeness (QED) is 0.893. The first-order chi connectivity index (χ1) is 9.72. The van der Waals surface area contributed by atoms with Crippen LogP contribution in [0.5, 0.6) is 0 Å². The Morgan fingerprint density at radius 2 is 2.10 bits per heavy atom. The van der Waals surface area contributed by atoms with Gasteiger partial charge in [0.2, 0.25) is 5.91 Å². The van der Waals surface area contributed by atoms with Crippen LogP contribution in [-0.4, -0.2) is 11.9 Å². The van der Waals surface area contributed by atoms with Crippen LogP contribution < -0.4 is 10.6 Å². The lowest BCUT2D eigenvalue weighted by molar-refractivity contribution is -0.123. The van der Waals surface area contributed by atoms with Crippen LogP contribution in [0.3, 0.4) is 0 Å². The van der Waals surface area contributed by atoms with E-state index < -0.39 is 0 Å². The topological polar surface area (TPSA) is 41.1 Å². The first kappa shape index (κ1) is 13.8. The number of halogens is 1. The van der Waals surface area contributed by atoms with Gasteiger partial charge in [-0.25, -0.2) is 0 Å². The van der Waals surface area contributed by atoms with Gasteiger partial charge in [0.25, 0.3) is 0 Å². The lowest BCUT2D eigenvalue weighted by Crippen LogP contribution is -2.47. The molecule has 5 heteroatoms. The van der Waals surface area contributed by atoms with Crippen molar-refractivity contribution in [3.8, 4) is 0 Å². The second-order valence-corrected chi connectivity index (χ2v) is 7.38. The monoisotopic (exact) mass is 350 g/mol. The zero-order chi connectivity index (χ0) is 13.9. The molecule has 2 N–H and O–H groups in total. The number of benzene rings is 1. The largest absolute Gasteiger partial charge is 0.350 e. The van der Waals surface area contributed by atoms with E-state index in [9.17, 15) is 4.79 Å². The molecule has 1 aromatic heterocycles. The lowest BCUT2D eigenvalue weighted by atomic mass is 9.95. The number of carbonyl (C=O) groups excluding carboxylic acids is 1. The average Bonchev–Trinajstić information content (AvgIpc) is 2.90. The summed E-state index contributed by atoms with van der Waals surface area (Å²) in [6.07, 6.45) is 0.760. The Morgan fingerprint density at radius 1 is 1.30 bits per heavy atom. The van der Waals surface area contributed by atoms with E-state index in [1.54, 1.807) is 11.3 Å². The molecule has 1 aliphatic rings. The van der Waals surface area contributed by atoms with Crippen LogP contribution in [0.1, 0.15) is 16.0 Å². The molecule has 1 amide bonds. The number of amides is 1. The molecule has 2 heterocycles. The van der Waals surface area contributed by atoms with Gasteiger partial charge in [-0.05, 0) is 45.6 Å². The third-order valence-electron chi connectivity index (χ3n) is 3.46. The molecular weight excluding hydrogens is 336 g/mol. The number of nitrogens with one attached hydrogen (secondary N) is 2. The summed E-state index contributed by atoms with van der Waals surface area (Å²) < 4.78 is 1.09. The first-order valence-electron chi connectivity index (χ1n) is 6.54. The van der Waals surface area contributed by atoms with Gasteiger partial charge < -0.3 is 10.6 Å². The van der Waals surface area contributed by atoms with E-state index in [1.807, 2.05) is 24.3 Å². The van der Waals surface area contributed by atoms with Crippen LogP contribution in [0, 0.1) is 0 Å². The molecule has 104 valence electrons. The minimum absolute atomic E-state index is 0.0732. The number of hydrogen-bond acceptors (Lipinski definition) is 3. The number of carbonyl (C=O) groups is 1. The third-order valence-corrected chi connectivity index (χ3v) is 5.09. The molecule has 1 aliphatic heterocycles. The van der Waals surface area contributed by atoms with E-state index in [4.69, 9.17) is 0 Å². The van der Waals surface area contributed by atoms with Crippen LogP contribution in [-0.2, 0) is 24.3 Å². The highest BCUT2D eigenvalue weighted by atomic mass is 79.9. The van der Waals surface area contributed by atoms with Gasteiger partial charge in [-0.1, -0.05) is 24.3 Å². The van der Waals surface area contributed by atoms with Gasteiger partial charge in [0.05, 0.1) is 16.4 Å². The summed E-state index contributed by atoms with van der Waals surface area (Å²) in [5.74, 6) is 0.0732. The van der Waals surface area contributed by atoms with Gasteiger partial charge in [0.1, 0.15) is 0 Å². The molecule has 3 nitrogen and oxygen atoms in total. The van der Waals surface area contributed by atoms with Crippen molar-refractivity contribution >= 4 is 33.2 Å². The predicted octanol–water partition coefficient (Wildman–Crippen LogP) is 2.84. The minimum atomic E-state index is -0.131. The highest BCUT2D eigenvalue weighted by Crippen LogP contribution is 2.22. The molecule has 0 spiro atoms. The second kappa shape index (κ2) is 6.08. The summed E-state index contributed by atoms with van der Waals surface area (Å²) in [6.45, 7) is 1.35. The van der Waals surface area contributed by atoms with Gasteiger partial charge in [-0.2, -0.15) is 0 Å². The Morgan fingerprint density at radius 3 is 2.85 bits per heavy atom. The standard InChI is InChI=1S/C15H15BrN2OS/c16-14-6-5-12(20-14)9-18-15(19)13-7-10-3-1-2-4-11(10)8-17-13/h1-6,13,17H,7-9H2,(H,18,19). The zero-order valence-corrected chi connectivity index (χ0v) is 13.3. The van der Waals surface area contributed by atoms with Gasteiger partial charge >= 0.3 is 0 Å². The SMILES string of the molecule is O=C(NCc1ccc(Br)s1)C1Cc2ccccc2CN1. The molecule has 2 aromatic rings. The van der Waals surface area contributed by atoms with Crippen molar-refractivity contribution in [2.24, 2.45) is 0 Å². The molecule has 1 atom stereocenters. The van der Waals surface area contributed by atoms with Crippen molar-refractivity contribution < 1.29 is 4.79 Å². The zero-order valence-electron chi connectivity index (χ0n) is 10.9. The molecule has 3 rings (SSSR count). The number of thiophene rings is 1. The molecule has 0 radical (unpaired) electrons. The Hall–Kier alpha value is -1.17. The van der Waals surface area contributed by atoms with Gasteiger partial charge in [-0.3, -0.25) is 4.79 Å². The molecular formula is C15H15BrN2OS. The van der Waals surface area contributed by atoms with Crippen LogP contribution in [0.2, 0.25) is 0 Å². The van der Waals surface area contributed by atoms with Gasteiger partial charge in [0, 0.05) is 11.4 Å². The fraction of sp³-hybridized carbons (Fsp3) is 0.267. The Balaban J connectivity index is 1.59. The molecule has 20 heavy (non-hydrogen) atoms. The van der Waals surface area contributed by atoms with Gasteiger partial charge in [-0.15, -0.1) is 11.3 Å². The Kier molecular flexibility index (Phi) is 4.19. The Bertz CT molecular complexity index is 626. The number of fused-ring (bicyclic) bond motifs is 1. The first-order valence-corrected chi connectivity index (χ1v) is 8.15. The summed E-state index contributed by atoms with van der Waals surface area (Å²) in [5.41, 5.74) is 2.56. The maximum absolute atomic E-state index is 12.2. The lowest BCUT2D eigenvalue weighted by Gasteiger charge is -2.25. The molecule has 0 saturated carbocycles. The second-order valence-electron chi connectivity index (χ2n) is 4.83. The molecule has 1 unspecified atom stereocenters. The van der Waals surface area contributed by atoms with Crippen LogP contribution >= 0.6 is 27.3 Å². The summed E-state index contributed by atoms with van der Waals surface area (Å²) in [5, 5.41) is 6.30. The van der Waals surface area contributed by atoms with Crippen LogP contribution in [0.15, 0.2) is 40.2 Å². The molecule has 0 saturated heterocycles. The predicted molar refractivity (Wildman–Crippen MR) is 84.6 cm³/mol. The minimum Gasteiger partial charge on any atom is -0.350 e. The van der Waals surface area contributed by atoms with Crippen molar-refractivity contribution in [1.82, 2.24) is 10.6 Å². The van der Waals surface area contributed by atoms with Crippen LogP contribution in [0.4, 0.5) is 0 Å². The van der Waals surface area contributed by atoms with E-state index >= 15 is 0 Å². The highest BCUT2D eigenvalue weighted by molar-refractivity contribution is 9.11. The normalized spacial score (nSPS) is 17.6. The summed E-state index contributed by atoms with van der Waals surface area (Å²) in [6, 6.07) is 12.2. The van der Waals surface area contributed by atoms with Crippen molar-refractivity contribution in [3.05, 3.63) is 56.2 Å². The molecule has 0 fully saturated rings. The maximum Gasteiger partial charge on any atom is 0.237 e. The molecule has 0 aliphatic carbocycles. The van der Waals surface area contributed by atoms with Crippen molar-refractivity contribution in [2.45, 2.75) is 25.6 Å². The average molecular weight is 351 g/mol. The number of hydrogen-bond donors (Lipinski definition) is 2. The summed E-state index contributed by atoms with van der Waals surface area (Å²) in [4.78, 5) is 13.4. The van der Waals surface area contributed by atoms with E-state index in [0.29, 0.717) is 6.54 Å². The molecule has 0 bridgehead atoms. The van der Waals surface area contributed by atoms with Crippen molar-refractivity contribution in [1.29, 1.82) is 0 Å². The summed E-state index contributed by atoms with van der Waals surface area (Å²) in [7, 11) is 0. The summed E-state index contributed by atoms with van der Waals surface area (Å²) >= 11 is 5.07. The fourth-order valence-electron chi connectivity index (χ4n) is 2.38. The Labute approximate surface area is 130 Å². The van der Waals surface area contributed by atoms with Crippen molar-refractivity contribution in [3.63, 3.8) is 0 Å². The maximum atomic E-state index is 12.2. The smallest absolute Gasteiger partial charge is 0.237 e. The van der Waals surface area contributed by atoms with E-state index in [0.717, 1.165) is 21.6 Å². The number of rotatable bonds is 3. The fourth-order valence-corrected chi connectivity index (χ4v) is 3.81. The van der Waals surface area contributed by atoms with Crippen LogP contribution in [0.25, 0.3) is 0 Å². The van der Waals surface area contributed by atoms with E-state index in [1.165, 1.54) is 11.1 Å². The molecule has 1 aromatic carbocycles. The van der Waals surface area contributed by atoms with E-state index in [-0.39, 0.29) is 11.9 Å². The highest BCUT2D eigenvalue weighted by Gasteiger charge is 2.23. The van der Waals surface area contributed by atoms with Crippen molar-refractivity contribution in [2.75, 3.05) is 0 Å². The van der Waals surface area contributed by atoms with Gasteiger partial charge in [0.15, 0.2) is 0 Å².